The molecule has 0 fully saturated rings. The van der Waals surface area contributed by atoms with Crippen molar-refractivity contribution in [2.24, 2.45) is 0 Å². The molecule has 2 rings (SSSR count). The molecule has 0 spiro atoms. The standard InChI is InChI=1S/C8H5BrClF3.C8H6ClF3O.CH4.HI/c9-7(8(11,12)13)5-2-1-3-6(10)4-5;9-6-3-1-2-5(4-6)7(13)8(10,11)12;;/h1-4,7H;1-4,7,13H;1H4;1H/i/hD. The predicted octanol–water partition coefficient (Wildman–Crippen LogP) is 8.53. The number of hydrogen-bond donors (Lipinski definition) is 1. The Hall–Kier alpha value is -0.230. The van der Waals surface area contributed by atoms with E-state index in [1.165, 1.54) is 66.2 Å². The molecule has 28 heavy (non-hydrogen) atoms. The van der Waals surface area contributed by atoms with Gasteiger partial charge in [-0.2, -0.15) is 26.3 Å². The minimum absolute atomic E-state index is 0. The number of benzene rings is 2. The fraction of sp³-hybridized carbons (Fsp3) is 0.294. The highest BCUT2D eigenvalue weighted by molar-refractivity contribution is 14.0. The zero-order valence-electron chi connectivity index (χ0n) is 14.0. The zero-order valence-corrected chi connectivity index (χ0v) is 18.3. The molecule has 0 bridgehead atoms. The number of rotatable bonds is 2. The van der Waals surface area contributed by atoms with Crippen LogP contribution < -0.4 is 0 Å². The number of aliphatic hydroxyl groups is 1. The fourth-order valence-electron chi connectivity index (χ4n) is 1.72. The van der Waals surface area contributed by atoms with Gasteiger partial charge in [0.25, 0.3) is 0 Å². The summed E-state index contributed by atoms with van der Waals surface area (Å²) in [6.45, 7) is 0. The Labute approximate surface area is 194 Å². The highest BCUT2D eigenvalue weighted by atomic mass is 127. The van der Waals surface area contributed by atoms with E-state index >= 15 is 0 Å². The van der Waals surface area contributed by atoms with Crippen molar-refractivity contribution in [1.29, 1.82) is 0.594 Å². The molecule has 0 aliphatic carbocycles. The Kier molecular flexibility index (Phi) is 12.4. The van der Waals surface area contributed by atoms with Gasteiger partial charge >= 0.3 is 12.4 Å². The van der Waals surface area contributed by atoms with E-state index in [2.05, 4.69) is 15.9 Å². The average Bonchev–Trinajstić information content (AvgIpc) is 2.61. The second kappa shape index (κ2) is 12.5. The summed E-state index contributed by atoms with van der Waals surface area (Å²) in [5.41, 5.74) is -0.139. The van der Waals surface area contributed by atoms with E-state index in [0.717, 1.165) is 6.07 Å². The number of aliphatic hydroxyl groups excluding tert-OH is 1. The van der Waals surface area contributed by atoms with Gasteiger partial charge in [0.15, 0.2) is 6.10 Å². The summed E-state index contributed by atoms with van der Waals surface area (Å²) < 4.78 is 78.2. The first-order valence-corrected chi connectivity index (χ1v) is 8.46. The summed E-state index contributed by atoms with van der Waals surface area (Å²) in [5.74, 6) is 0. The van der Waals surface area contributed by atoms with Gasteiger partial charge in [-0.25, -0.2) is 0 Å². The topological polar surface area (TPSA) is 20.2 Å². The normalized spacial score (nSPS) is 13.5. The van der Waals surface area contributed by atoms with Crippen molar-refractivity contribution >= 4 is 62.9 Å². The maximum atomic E-state index is 12.2. The molecule has 0 amide bonds. The highest BCUT2D eigenvalue weighted by Gasteiger charge is 2.39. The molecule has 0 aliphatic heterocycles. The summed E-state index contributed by atoms with van der Waals surface area (Å²) in [6.07, 6.45) is -11.4. The van der Waals surface area contributed by atoms with Gasteiger partial charge in [-0.15, -0.1) is 23.8 Å². The second-order valence-electron chi connectivity index (χ2n) is 4.96. The van der Waals surface area contributed by atoms with Gasteiger partial charge in [0, 0.05) is 10.0 Å². The molecule has 1 N–H and O–H groups in total. The molecule has 0 aliphatic rings. The van der Waals surface area contributed by atoms with Crippen molar-refractivity contribution in [3.63, 3.8) is 0 Å². The summed E-state index contributed by atoms with van der Waals surface area (Å²) in [7, 11) is 0. The van der Waals surface area contributed by atoms with Gasteiger partial charge in [-0.05, 0) is 35.4 Å². The van der Waals surface area contributed by atoms with Crippen LogP contribution in [-0.2, 0) is 0 Å². The van der Waals surface area contributed by atoms with E-state index in [1.807, 2.05) is 0 Å². The van der Waals surface area contributed by atoms with E-state index < -0.39 is 23.3 Å². The van der Waals surface area contributed by atoms with Crippen molar-refractivity contribution in [2.45, 2.75) is 30.7 Å². The van der Waals surface area contributed by atoms with Crippen LogP contribution in [-0.4, -0.2) is 18.1 Å². The van der Waals surface area contributed by atoms with Gasteiger partial charge < -0.3 is 5.11 Å². The van der Waals surface area contributed by atoms with Crippen LogP contribution in [0.25, 0.3) is 0 Å². The Morgan fingerprint density at radius 3 is 1.61 bits per heavy atom. The third kappa shape index (κ3) is 10.00. The summed E-state index contributed by atoms with van der Waals surface area (Å²) in [4.78, 5) is -1.65. The maximum Gasteiger partial charge on any atom is 0.418 e. The van der Waals surface area contributed by atoms with Crippen LogP contribution in [0.2, 0.25) is 10.0 Å². The molecule has 0 saturated heterocycles. The molecular formula is C17H16BrCl2F6IO. The molecule has 2 aromatic rings. The first-order valence-electron chi connectivity index (χ1n) is 7.16. The van der Waals surface area contributed by atoms with Crippen molar-refractivity contribution in [2.75, 3.05) is 0 Å². The molecular weight excluding hydrogens is 612 g/mol. The van der Waals surface area contributed by atoms with Crippen LogP contribution in [0, 0.1) is 0 Å². The van der Waals surface area contributed by atoms with Gasteiger partial charge in [0.05, 0.1) is 0 Å². The number of alkyl halides is 7. The minimum Gasteiger partial charge on any atom is -0.379 e. The van der Waals surface area contributed by atoms with Crippen LogP contribution in [0.1, 0.15) is 29.5 Å². The third-order valence-electron chi connectivity index (χ3n) is 2.90. The Morgan fingerprint density at radius 2 is 1.25 bits per heavy atom. The molecule has 0 heterocycles. The van der Waals surface area contributed by atoms with Crippen molar-refractivity contribution in [3.8, 4) is 0 Å². The molecule has 11 heteroatoms. The van der Waals surface area contributed by atoms with E-state index in [0.29, 0.717) is 5.02 Å². The molecule has 2 unspecified atom stereocenters. The first-order chi connectivity index (χ1) is 12.8. The summed E-state index contributed by atoms with van der Waals surface area (Å²) in [6, 6.07) is 10.7. The summed E-state index contributed by atoms with van der Waals surface area (Å²) >= 11 is 15.0. The van der Waals surface area contributed by atoms with Crippen molar-refractivity contribution < 1.29 is 31.4 Å². The van der Waals surface area contributed by atoms with Crippen molar-refractivity contribution in [3.05, 3.63) is 69.7 Å². The van der Waals surface area contributed by atoms with Crippen LogP contribution in [0.3, 0.4) is 0 Å². The second-order valence-corrected chi connectivity index (χ2v) is 6.75. The lowest BCUT2D eigenvalue weighted by atomic mass is 10.1. The Bertz CT molecular complexity index is 672. The zero-order chi connectivity index (χ0) is 22.1. The van der Waals surface area contributed by atoms with Gasteiger partial charge in [-0.3, -0.25) is 0 Å². The SMILES string of the molecule is C.FC(F)(F)C(Br)c1cccc(Cl)c1.OC(c1cccc(Cl)c1)C(F)(F)F.[2H]I. The fourth-order valence-corrected chi connectivity index (χ4v) is 2.40. The van der Waals surface area contributed by atoms with Gasteiger partial charge in [0.1, 0.15) is 5.42 Å². The maximum absolute atomic E-state index is 12.2. The average molecular weight is 629 g/mol. The van der Waals surface area contributed by atoms with E-state index in [-0.39, 0.29) is 23.6 Å². The smallest absolute Gasteiger partial charge is 0.379 e. The summed E-state index contributed by atoms with van der Waals surface area (Å²) in [5, 5.41) is 9.26. The lowest BCUT2D eigenvalue weighted by molar-refractivity contribution is -0.206. The van der Waals surface area contributed by atoms with Crippen LogP contribution in [0.5, 0.6) is 0 Å². The monoisotopic (exact) mass is 627 g/mol. The lowest BCUT2D eigenvalue weighted by Gasteiger charge is -2.14. The van der Waals surface area contributed by atoms with E-state index in [1.54, 1.807) is 0 Å². The van der Waals surface area contributed by atoms with E-state index in [9.17, 15) is 26.3 Å². The van der Waals surface area contributed by atoms with Crippen LogP contribution in [0.4, 0.5) is 26.3 Å². The molecule has 2 atom stereocenters. The molecule has 0 saturated carbocycles. The molecule has 1 nitrogen and oxygen atoms in total. The lowest BCUT2D eigenvalue weighted by Crippen LogP contribution is -2.19. The van der Waals surface area contributed by atoms with Crippen molar-refractivity contribution in [1.82, 2.24) is 0 Å². The number of hydrogen-bond acceptors (Lipinski definition) is 1. The first kappa shape index (κ1) is 27.8. The number of halogens is 10. The Morgan fingerprint density at radius 1 is 0.857 bits per heavy atom. The Balaban J connectivity index is 0. The van der Waals surface area contributed by atoms with E-state index in [4.69, 9.17) is 28.9 Å². The predicted molar refractivity (Wildman–Crippen MR) is 114 cm³/mol. The molecule has 0 aromatic heterocycles. The van der Waals surface area contributed by atoms with Gasteiger partial charge in [-0.1, -0.05) is 70.8 Å². The molecule has 2 aromatic carbocycles. The largest absolute Gasteiger partial charge is 0.418 e. The van der Waals surface area contributed by atoms with Crippen LogP contribution in [0.15, 0.2) is 48.5 Å². The highest BCUT2D eigenvalue weighted by Crippen LogP contribution is 2.40. The molecule has 0 radical (unpaired) electrons. The minimum atomic E-state index is -4.65. The van der Waals surface area contributed by atoms with Gasteiger partial charge in [0.2, 0.25) is 0 Å². The quantitative estimate of drug-likeness (QED) is 0.201. The van der Waals surface area contributed by atoms with Crippen LogP contribution >= 0.6 is 62.9 Å². The molecule has 160 valence electrons. The third-order valence-corrected chi connectivity index (χ3v) is 4.42.